The van der Waals surface area contributed by atoms with Crippen molar-refractivity contribution < 1.29 is 18.7 Å². The molecule has 3 N–H and O–H groups in total. The molecule has 3 aromatic carbocycles. The Balaban J connectivity index is 1.28. The molecule has 1 aliphatic carbocycles. The van der Waals surface area contributed by atoms with Gasteiger partial charge in [0.2, 0.25) is 5.91 Å². The number of fused-ring (bicyclic) bond motifs is 1. The molecule has 0 radical (unpaired) electrons. The monoisotopic (exact) mass is 540 g/mol. The first-order chi connectivity index (χ1) is 16.4. The number of amides is 3. The lowest BCUT2D eigenvalue weighted by Crippen LogP contribution is -2.20. The third-order valence-electron chi connectivity index (χ3n) is 5.04. The Labute approximate surface area is 206 Å². The summed E-state index contributed by atoms with van der Waals surface area (Å²) >= 11 is 4.70. The topological polar surface area (TPSA) is 92.3 Å². The predicted molar refractivity (Wildman–Crippen MR) is 134 cm³/mol. The van der Waals surface area contributed by atoms with E-state index in [0.717, 1.165) is 27.5 Å². The minimum atomic E-state index is -0.592. The third-order valence-corrected chi connectivity index (χ3v) is 6.47. The molecular formula is C24H18BrFN4O3S. The number of carbonyl (C=O) groups excluding carboxylic acids is 2. The van der Waals surface area contributed by atoms with Crippen molar-refractivity contribution in [3.05, 3.63) is 71.0 Å². The zero-order valence-electron chi connectivity index (χ0n) is 17.6. The lowest BCUT2D eigenvalue weighted by Gasteiger charge is -2.11. The molecule has 1 fully saturated rings. The fourth-order valence-corrected chi connectivity index (χ4v) is 4.52. The zero-order valence-corrected chi connectivity index (χ0v) is 20.0. The van der Waals surface area contributed by atoms with Gasteiger partial charge in [0.05, 0.1) is 15.9 Å². The Morgan fingerprint density at radius 2 is 1.79 bits per heavy atom. The van der Waals surface area contributed by atoms with Crippen LogP contribution in [0.3, 0.4) is 0 Å². The average Bonchev–Trinajstić information content (AvgIpc) is 3.57. The van der Waals surface area contributed by atoms with Gasteiger partial charge < -0.3 is 20.7 Å². The molecular weight excluding hydrogens is 523 g/mol. The Morgan fingerprint density at radius 3 is 2.59 bits per heavy atom. The van der Waals surface area contributed by atoms with Gasteiger partial charge in [-0.15, -0.1) is 0 Å². The van der Waals surface area contributed by atoms with Crippen LogP contribution in [0, 0.1) is 11.7 Å². The van der Waals surface area contributed by atoms with Crippen LogP contribution in [0.25, 0.3) is 10.2 Å². The van der Waals surface area contributed by atoms with E-state index in [4.69, 9.17) is 4.74 Å². The van der Waals surface area contributed by atoms with Crippen LogP contribution in [0.4, 0.5) is 25.7 Å². The van der Waals surface area contributed by atoms with E-state index in [2.05, 4.69) is 36.9 Å². The Bertz CT molecular complexity index is 1410. The van der Waals surface area contributed by atoms with Gasteiger partial charge in [0.25, 0.3) is 0 Å². The van der Waals surface area contributed by atoms with Crippen molar-refractivity contribution in [2.75, 3.05) is 16.0 Å². The maximum atomic E-state index is 14.3. The van der Waals surface area contributed by atoms with Gasteiger partial charge in [-0.2, -0.15) is 0 Å². The van der Waals surface area contributed by atoms with Crippen LogP contribution in [-0.2, 0) is 4.79 Å². The van der Waals surface area contributed by atoms with E-state index in [-0.39, 0.29) is 17.5 Å². The van der Waals surface area contributed by atoms with E-state index in [9.17, 15) is 14.0 Å². The van der Waals surface area contributed by atoms with Crippen LogP contribution < -0.4 is 20.7 Å². The number of thiazole rings is 1. The minimum Gasteiger partial charge on any atom is -0.457 e. The van der Waals surface area contributed by atoms with Crippen LogP contribution in [-0.4, -0.2) is 16.9 Å². The van der Waals surface area contributed by atoms with Crippen molar-refractivity contribution in [3.63, 3.8) is 0 Å². The van der Waals surface area contributed by atoms with Crippen LogP contribution in [0.15, 0.2) is 65.1 Å². The van der Waals surface area contributed by atoms with Crippen molar-refractivity contribution in [2.45, 2.75) is 12.8 Å². The van der Waals surface area contributed by atoms with Crippen molar-refractivity contribution in [3.8, 4) is 11.5 Å². The van der Waals surface area contributed by atoms with Gasteiger partial charge in [0.15, 0.2) is 5.13 Å². The van der Waals surface area contributed by atoms with Crippen LogP contribution in [0.1, 0.15) is 12.8 Å². The summed E-state index contributed by atoms with van der Waals surface area (Å²) in [5.41, 5.74) is 1.29. The fourth-order valence-electron chi connectivity index (χ4n) is 3.23. The number of nitrogens with one attached hydrogen (secondary N) is 3. The maximum Gasteiger partial charge on any atom is 0.323 e. The smallest absolute Gasteiger partial charge is 0.323 e. The second-order valence-electron chi connectivity index (χ2n) is 7.75. The number of hydrogen-bond donors (Lipinski definition) is 3. The number of hydrogen-bond acceptors (Lipinski definition) is 5. The van der Waals surface area contributed by atoms with Crippen LogP contribution >= 0.6 is 27.3 Å². The number of benzene rings is 3. The molecule has 4 aromatic rings. The van der Waals surface area contributed by atoms with Gasteiger partial charge in [-0.1, -0.05) is 33.3 Å². The molecule has 5 rings (SSSR count). The van der Waals surface area contributed by atoms with E-state index >= 15 is 0 Å². The van der Waals surface area contributed by atoms with E-state index in [1.54, 1.807) is 36.4 Å². The van der Waals surface area contributed by atoms with Crippen molar-refractivity contribution in [1.29, 1.82) is 0 Å². The summed E-state index contributed by atoms with van der Waals surface area (Å²) < 4.78 is 21.8. The van der Waals surface area contributed by atoms with E-state index < -0.39 is 11.8 Å². The van der Waals surface area contributed by atoms with Gasteiger partial charge in [-0.3, -0.25) is 4.79 Å². The van der Waals surface area contributed by atoms with Crippen molar-refractivity contribution in [1.82, 2.24) is 4.98 Å². The molecule has 3 amide bonds. The molecule has 0 saturated heterocycles. The Morgan fingerprint density at radius 1 is 1.00 bits per heavy atom. The molecule has 34 heavy (non-hydrogen) atoms. The van der Waals surface area contributed by atoms with Gasteiger partial charge in [0, 0.05) is 28.2 Å². The van der Waals surface area contributed by atoms with E-state index in [1.807, 2.05) is 6.07 Å². The average molecular weight is 541 g/mol. The van der Waals surface area contributed by atoms with Gasteiger partial charge in [-0.05, 0) is 55.3 Å². The number of urea groups is 1. The number of carbonyl (C=O) groups is 2. The number of anilines is 3. The molecule has 172 valence electrons. The number of halogens is 2. The molecule has 1 aromatic heterocycles. The second-order valence-corrected chi connectivity index (χ2v) is 9.69. The Hall–Kier alpha value is -3.50. The lowest BCUT2D eigenvalue weighted by molar-refractivity contribution is -0.117. The van der Waals surface area contributed by atoms with Gasteiger partial charge in [0.1, 0.15) is 17.3 Å². The maximum absolute atomic E-state index is 14.3. The first-order valence-electron chi connectivity index (χ1n) is 10.5. The molecule has 10 heteroatoms. The minimum absolute atomic E-state index is 0.00538. The first kappa shape index (κ1) is 22.3. The zero-order chi connectivity index (χ0) is 23.7. The molecule has 0 unspecified atom stereocenters. The van der Waals surface area contributed by atoms with Crippen molar-refractivity contribution >= 4 is 65.9 Å². The molecule has 0 bridgehead atoms. The highest BCUT2D eigenvalue weighted by molar-refractivity contribution is 9.10. The summed E-state index contributed by atoms with van der Waals surface area (Å²) in [5, 5.41) is 8.55. The first-order valence-corrected chi connectivity index (χ1v) is 12.1. The highest BCUT2D eigenvalue weighted by Gasteiger charge is 2.30. The van der Waals surface area contributed by atoms with E-state index in [1.165, 1.54) is 29.5 Å². The highest BCUT2D eigenvalue weighted by Crippen LogP contribution is 2.34. The number of ether oxygens (including phenoxy) is 1. The Kier molecular flexibility index (Phi) is 6.16. The normalized spacial score (nSPS) is 12.9. The molecule has 7 nitrogen and oxygen atoms in total. The number of nitrogens with zero attached hydrogens (tertiary/aromatic N) is 1. The number of aromatic nitrogens is 1. The summed E-state index contributed by atoms with van der Waals surface area (Å²) in [4.78, 5) is 28.7. The highest BCUT2D eigenvalue weighted by atomic mass is 79.9. The summed E-state index contributed by atoms with van der Waals surface area (Å²) in [6.45, 7) is 0. The van der Waals surface area contributed by atoms with Crippen molar-refractivity contribution in [2.24, 2.45) is 5.92 Å². The van der Waals surface area contributed by atoms with Gasteiger partial charge in [-0.25, -0.2) is 14.2 Å². The summed E-state index contributed by atoms with van der Waals surface area (Å²) in [7, 11) is 0. The number of rotatable bonds is 6. The summed E-state index contributed by atoms with van der Waals surface area (Å²) in [5.74, 6) is 0.387. The second kappa shape index (κ2) is 9.40. The van der Waals surface area contributed by atoms with Crippen LogP contribution in [0.2, 0.25) is 0 Å². The summed E-state index contributed by atoms with van der Waals surface area (Å²) in [6, 6.07) is 15.9. The molecule has 0 spiro atoms. The SMILES string of the molecule is O=C(Nc1cccc(Br)c1)Nc1cc(Oc2ccc3nc(NC(=O)C4CC4)sc3c2)ccc1F. The quantitative estimate of drug-likeness (QED) is 0.246. The lowest BCUT2D eigenvalue weighted by atomic mass is 10.2. The summed E-state index contributed by atoms with van der Waals surface area (Å²) in [6.07, 6.45) is 1.85. The largest absolute Gasteiger partial charge is 0.457 e. The fraction of sp³-hybridized carbons (Fsp3) is 0.125. The van der Waals surface area contributed by atoms with E-state index in [0.29, 0.717) is 22.3 Å². The predicted octanol–water partition coefficient (Wildman–Crippen LogP) is 6.98. The van der Waals surface area contributed by atoms with Crippen LogP contribution in [0.5, 0.6) is 11.5 Å². The standard InChI is InChI=1S/C24H18BrFN4O3S/c25-14-2-1-3-15(10-14)27-23(32)28-20-11-16(6-8-18(20)26)33-17-7-9-19-21(12-17)34-24(29-19)30-22(31)13-4-5-13/h1-3,6-13H,4-5H2,(H2,27,28,32)(H,29,30,31). The third kappa shape index (κ3) is 5.35. The molecule has 1 aliphatic rings. The molecule has 1 heterocycles. The molecule has 1 saturated carbocycles. The van der Waals surface area contributed by atoms with Gasteiger partial charge >= 0.3 is 6.03 Å². The molecule has 0 aliphatic heterocycles. The molecule has 0 atom stereocenters.